The first kappa shape index (κ1) is 14.3. The molecule has 0 saturated carbocycles. The fourth-order valence-electron chi connectivity index (χ4n) is 2.28. The van der Waals surface area contributed by atoms with Crippen LogP contribution in [0.25, 0.3) is 0 Å². The van der Waals surface area contributed by atoms with Gasteiger partial charge in [-0.15, -0.1) is 0 Å². The van der Waals surface area contributed by atoms with Crippen LogP contribution in [0.15, 0.2) is 64.7 Å². The predicted molar refractivity (Wildman–Crippen MR) is 84.1 cm³/mol. The SMILES string of the molecule is C=CC1=C(C)C(C)C(OCc2ccccc2)C(Br)=C1. The van der Waals surface area contributed by atoms with Gasteiger partial charge in [0.1, 0.15) is 0 Å². The topological polar surface area (TPSA) is 9.23 Å². The monoisotopic (exact) mass is 318 g/mol. The van der Waals surface area contributed by atoms with E-state index in [9.17, 15) is 0 Å². The highest BCUT2D eigenvalue weighted by Gasteiger charge is 2.27. The minimum atomic E-state index is 0.0870. The molecule has 0 saturated heterocycles. The first-order valence-corrected chi connectivity index (χ1v) is 7.28. The van der Waals surface area contributed by atoms with Crippen molar-refractivity contribution in [1.82, 2.24) is 0 Å². The summed E-state index contributed by atoms with van der Waals surface area (Å²) in [4.78, 5) is 0. The van der Waals surface area contributed by atoms with Gasteiger partial charge in [-0.3, -0.25) is 0 Å². The van der Waals surface area contributed by atoms with Crippen LogP contribution < -0.4 is 0 Å². The van der Waals surface area contributed by atoms with Crippen LogP contribution in [0.4, 0.5) is 0 Å². The van der Waals surface area contributed by atoms with Gasteiger partial charge in [-0.2, -0.15) is 0 Å². The second kappa shape index (κ2) is 6.36. The maximum absolute atomic E-state index is 6.07. The molecule has 1 aliphatic rings. The Morgan fingerprint density at radius 1 is 1.32 bits per heavy atom. The molecule has 100 valence electrons. The molecule has 0 radical (unpaired) electrons. The lowest BCUT2D eigenvalue weighted by Gasteiger charge is -2.30. The lowest BCUT2D eigenvalue weighted by molar-refractivity contribution is 0.0440. The fourth-order valence-corrected chi connectivity index (χ4v) is 3.05. The van der Waals surface area contributed by atoms with Crippen molar-refractivity contribution in [3.05, 3.63) is 70.3 Å². The maximum Gasteiger partial charge on any atom is 0.0956 e. The van der Waals surface area contributed by atoms with Gasteiger partial charge in [0, 0.05) is 10.4 Å². The van der Waals surface area contributed by atoms with Gasteiger partial charge in [-0.25, -0.2) is 0 Å². The van der Waals surface area contributed by atoms with Gasteiger partial charge in [0.05, 0.1) is 12.7 Å². The molecule has 2 rings (SSSR count). The minimum absolute atomic E-state index is 0.0870. The van der Waals surface area contributed by atoms with Crippen molar-refractivity contribution in [3.8, 4) is 0 Å². The zero-order valence-corrected chi connectivity index (χ0v) is 13.0. The Bertz CT molecular complexity index is 513. The second-order valence-corrected chi connectivity index (χ2v) is 5.79. The molecule has 2 unspecified atom stereocenters. The largest absolute Gasteiger partial charge is 0.368 e. The third-order valence-electron chi connectivity index (χ3n) is 3.65. The molecule has 0 bridgehead atoms. The standard InChI is InChI=1S/C17H19BrO/c1-4-15-10-16(18)17(13(3)12(15)2)19-11-14-8-6-5-7-9-14/h4-10,13,17H,1,11H2,2-3H3. The van der Waals surface area contributed by atoms with E-state index in [1.807, 2.05) is 24.3 Å². The van der Waals surface area contributed by atoms with Gasteiger partial charge in [-0.05, 0) is 24.1 Å². The van der Waals surface area contributed by atoms with E-state index >= 15 is 0 Å². The average Bonchev–Trinajstić information content (AvgIpc) is 2.44. The molecule has 1 aromatic carbocycles. The zero-order valence-electron chi connectivity index (χ0n) is 11.4. The predicted octanol–water partition coefficient (Wildman–Crippen LogP) is 5.00. The molecule has 0 N–H and O–H groups in total. The summed E-state index contributed by atoms with van der Waals surface area (Å²) in [6.45, 7) is 8.84. The Morgan fingerprint density at radius 2 is 2.00 bits per heavy atom. The van der Waals surface area contributed by atoms with Crippen molar-refractivity contribution in [2.24, 2.45) is 5.92 Å². The third kappa shape index (κ3) is 3.26. The van der Waals surface area contributed by atoms with Gasteiger partial charge in [0.2, 0.25) is 0 Å². The van der Waals surface area contributed by atoms with Crippen LogP contribution in [0.2, 0.25) is 0 Å². The van der Waals surface area contributed by atoms with Gasteiger partial charge in [-0.1, -0.05) is 71.4 Å². The molecular formula is C17H19BrO. The minimum Gasteiger partial charge on any atom is -0.368 e. The Kier molecular flexibility index (Phi) is 4.78. The summed E-state index contributed by atoms with van der Waals surface area (Å²) in [6, 6.07) is 10.3. The average molecular weight is 319 g/mol. The Labute approximate surface area is 123 Å². The molecule has 0 spiro atoms. The van der Waals surface area contributed by atoms with Crippen molar-refractivity contribution in [2.45, 2.75) is 26.6 Å². The first-order chi connectivity index (χ1) is 9.13. The highest BCUT2D eigenvalue weighted by Crippen LogP contribution is 2.35. The molecule has 2 atom stereocenters. The summed E-state index contributed by atoms with van der Waals surface area (Å²) in [7, 11) is 0. The van der Waals surface area contributed by atoms with Crippen LogP contribution in [0.3, 0.4) is 0 Å². The van der Waals surface area contributed by atoms with E-state index in [-0.39, 0.29) is 6.10 Å². The van der Waals surface area contributed by atoms with Gasteiger partial charge >= 0.3 is 0 Å². The van der Waals surface area contributed by atoms with Crippen LogP contribution in [-0.4, -0.2) is 6.10 Å². The Hall–Kier alpha value is -1.12. The van der Waals surface area contributed by atoms with E-state index in [4.69, 9.17) is 4.74 Å². The molecular weight excluding hydrogens is 300 g/mol. The summed E-state index contributed by atoms with van der Waals surface area (Å²) in [5, 5.41) is 0. The third-order valence-corrected chi connectivity index (χ3v) is 4.33. The highest BCUT2D eigenvalue weighted by molar-refractivity contribution is 9.11. The van der Waals surface area contributed by atoms with Crippen LogP contribution in [-0.2, 0) is 11.3 Å². The molecule has 0 aromatic heterocycles. The van der Waals surface area contributed by atoms with Crippen LogP contribution in [0.1, 0.15) is 19.4 Å². The quantitative estimate of drug-likeness (QED) is 0.758. The van der Waals surface area contributed by atoms with E-state index < -0.39 is 0 Å². The van der Waals surface area contributed by atoms with Crippen molar-refractivity contribution in [3.63, 3.8) is 0 Å². The summed E-state index contributed by atoms with van der Waals surface area (Å²) in [5.74, 6) is 0.357. The highest BCUT2D eigenvalue weighted by atomic mass is 79.9. The van der Waals surface area contributed by atoms with Gasteiger partial charge in [0.15, 0.2) is 0 Å². The van der Waals surface area contributed by atoms with Gasteiger partial charge in [0.25, 0.3) is 0 Å². The normalized spacial score (nSPS) is 23.2. The van der Waals surface area contributed by atoms with Crippen molar-refractivity contribution < 1.29 is 4.74 Å². The summed E-state index contributed by atoms with van der Waals surface area (Å²) in [6.07, 6.45) is 4.10. The Balaban J connectivity index is 2.08. The Morgan fingerprint density at radius 3 is 2.63 bits per heavy atom. The summed E-state index contributed by atoms with van der Waals surface area (Å²) >= 11 is 3.63. The van der Waals surface area contributed by atoms with Crippen molar-refractivity contribution in [2.75, 3.05) is 0 Å². The van der Waals surface area contributed by atoms with Crippen LogP contribution >= 0.6 is 15.9 Å². The number of rotatable bonds is 4. The molecule has 1 nitrogen and oxygen atoms in total. The zero-order chi connectivity index (χ0) is 13.8. The van der Waals surface area contributed by atoms with E-state index in [2.05, 4.69) is 54.6 Å². The fraction of sp³-hybridized carbons (Fsp3) is 0.294. The van der Waals surface area contributed by atoms with Crippen molar-refractivity contribution in [1.29, 1.82) is 0 Å². The number of hydrogen-bond donors (Lipinski definition) is 0. The number of halogens is 1. The maximum atomic E-state index is 6.07. The molecule has 19 heavy (non-hydrogen) atoms. The molecule has 1 aliphatic carbocycles. The van der Waals surface area contributed by atoms with E-state index in [1.54, 1.807) is 0 Å². The lowest BCUT2D eigenvalue weighted by atomic mass is 9.87. The molecule has 0 aliphatic heterocycles. The first-order valence-electron chi connectivity index (χ1n) is 6.49. The smallest absolute Gasteiger partial charge is 0.0956 e. The van der Waals surface area contributed by atoms with E-state index in [0.29, 0.717) is 12.5 Å². The van der Waals surface area contributed by atoms with E-state index in [0.717, 1.165) is 4.48 Å². The summed E-state index contributed by atoms with van der Waals surface area (Å²) in [5.41, 5.74) is 3.72. The molecule has 0 heterocycles. The number of allylic oxidation sites excluding steroid dienone is 3. The lowest BCUT2D eigenvalue weighted by Crippen LogP contribution is -2.26. The number of ether oxygens (including phenoxy) is 1. The van der Waals surface area contributed by atoms with Crippen molar-refractivity contribution >= 4 is 15.9 Å². The molecule has 2 heteroatoms. The molecule has 0 fully saturated rings. The number of hydrogen-bond acceptors (Lipinski definition) is 1. The molecule has 1 aromatic rings. The molecule has 0 amide bonds. The van der Waals surface area contributed by atoms with Crippen LogP contribution in [0.5, 0.6) is 0 Å². The second-order valence-electron chi connectivity index (χ2n) is 4.88. The van der Waals surface area contributed by atoms with E-state index in [1.165, 1.54) is 16.7 Å². The number of benzene rings is 1. The van der Waals surface area contributed by atoms with Gasteiger partial charge < -0.3 is 4.74 Å². The summed E-state index contributed by atoms with van der Waals surface area (Å²) < 4.78 is 7.17. The van der Waals surface area contributed by atoms with Crippen LogP contribution in [0, 0.1) is 5.92 Å².